The van der Waals surface area contributed by atoms with Crippen molar-refractivity contribution in [2.75, 3.05) is 19.4 Å². The largest absolute Gasteiger partial charge is 0.496 e. The molecule has 1 aromatic carbocycles. The van der Waals surface area contributed by atoms with Crippen LogP contribution < -0.4 is 15.8 Å². The normalized spacial score (nSPS) is 16.1. The van der Waals surface area contributed by atoms with Crippen molar-refractivity contribution in [3.05, 3.63) is 23.1 Å². The minimum Gasteiger partial charge on any atom is -0.496 e. The van der Waals surface area contributed by atoms with E-state index in [1.807, 2.05) is 18.2 Å². The minimum atomic E-state index is -0.0844. The number of thiophene rings is 1. The van der Waals surface area contributed by atoms with E-state index in [1.165, 1.54) is 24.2 Å². The van der Waals surface area contributed by atoms with Gasteiger partial charge in [0.2, 0.25) is 0 Å². The van der Waals surface area contributed by atoms with Crippen molar-refractivity contribution in [1.82, 2.24) is 5.32 Å². The molecule has 1 aliphatic carbocycles. The summed E-state index contributed by atoms with van der Waals surface area (Å²) >= 11 is 1.42. The lowest BCUT2D eigenvalue weighted by Crippen LogP contribution is -2.28. The van der Waals surface area contributed by atoms with Gasteiger partial charge < -0.3 is 15.8 Å². The Bertz CT molecular complexity index is 674. The van der Waals surface area contributed by atoms with E-state index in [1.54, 1.807) is 7.11 Å². The van der Waals surface area contributed by atoms with Gasteiger partial charge in [-0.25, -0.2) is 0 Å². The first-order valence-corrected chi connectivity index (χ1v) is 7.49. The summed E-state index contributed by atoms with van der Waals surface area (Å²) in [6, 6.07) is 5.72. The number of ether oxygens (including phenoxy) is 1. The van der Waals surface area contributed by atoms with E-state index in [9.17, 15) is 4.79 Å². The van der Waals surface area contributed by atoms with Crippen LogP contribution in [-0.4, -0.2) is 19.6 Å². The Morgan fingerprint density at radius 3 is 2.90 bits per heavy atom. The minimum absolute atomic E-state index is 0.0844. The van der Waals surface area contributed by atoms with Crippen LogP contribution in [0.25, 0.3) is 10.1 Å². The van der Waals surface area contributed by atoms with Gasteiger partial charge in [-0.2, -0.15) is 0 Å². The molecule has 3 rings (SSSR count). The van der Waals surface area contributed by atoms with Crippen LogP contribution in [0.5, 0.6) is 5.75 Å². The van der Waals surface area contributed by atoms with Gasteiger partial charge in [0.05, 0.1) is 18.2 Å². The molecule has 0 unspecified atom stereocenters. The van der Waals surface area contributed by atoms with E-state index in [0.29, 0.717) is 21.7 Å². The maximum atomic E-state index is 12.3. The third kappa shape index (κ3) is 2.22. The van der Waals surface area contributed by atoms with Crippen molar-refractivity contribution < 1.29 is 9.53 Å². The molecular weight excluding hydrogens is 272 g/mol. The van der Waals surface area contributed by atoms with Crippen LogP contribution in [0, 0.1) is 5.41 Å². The van der Waals surface area contributed by atoms with E-state index in [4.69, 9.17) is 10.5 Å². The maximum absolute atomic E-state index is 12.3. The fourth-order valence-corrected chi connectivity index (χ4v) is 3.30. The van der Waals surface area contributed by atoms with E-state index < -0.39 is 0 Å². The Labute approximate surface area is 121 Å². The highest BCUT2D eigenvalue weighted by Gasteiger charge is 2.37. The molecule has 3 N–H and O–H groups in total. The molecule has 0 atom stereocenters. The lowest BCUT2D eigenvalue weighted by Gasteiger charge is -2.09. The number of amides is 1. The molecule has 20 heavy (non-hydrogen) atoms. The van der Waals surface area contributed by atoms with Gasteiger partial charge in [-0.05, 0) is 30.4 Å². The second kappa shape index (κ2) is 4.66. The molecule has 2 aromatic rings. The molecule has 0 spiro atoms. The van der Waals surface area contributed by atoms with Crippen molar-refractivity contribution in [3.8, 4) is 5.75 Å². The molecule has 0 radical (unpaired) electrons. The number of hydrogen-bond acceptors (Lipinski definition) is 4. The molecule has 0 aliphatic heterocycles. The topological polar surface area (TPSA) is 64.3 Å². The first-order valence-electron chi connectivity index (χ1n) is 6.67. The van der Waals surface area contributed by atoms with Gasteiger partial charge in [0.25, 0.3) is 5.91 Å². The number of carbonyl (C=O) groups is 1. The summed E-state index contributed by atoms with van der Waals surface area (Å²) in [4.78, 5) is 12.9. The summed E-state index contributed by atoms with van der Waals surface area (Å²) in [6.45, 7) is 2.90. The van der Waals surface area contributed by atoms with Crippen LogP contribution in [0.4, 0.5) is 5.69 Å². The van der Waals surface area contributed by atoms with Gasteiger partial charge in [-0.3, -0.25) is 4.79 Å². The molecular formula is C15H18N2O2S. The number of benzene rings is 1. The van der Waals surface area contributed by atoms with Crippen LogP contribution in [0.1, 0.15) is 29.4 Å². The van der Waals surface area contributed by atoms with Gasteiger partial charge in [0, 0.05) is 11.2 Å². The fourth-order valence-electron chi connectivity index (χ4n) is 2.24. The standard InChI is InChI=1S/C15H18N2O2S/c1-15(6-7-15)8-17-14(18)13-12(16)11-9(19-2)4-3-5-10(11)20-13/h3-5H,6-8,16H2,1-2H3,(H,17,18). The highest BCUT2D eigenvalue weighted by molar-refractivity contribution is 7.21. The Hall–Kier alpha value is -1.75. The molecule has 1 aliphatic rings. The van der Waals surface area contributed by atoms with E-state index >= 15 is 0 Å². The first-order chi connectivity index (χ1) is 9.54. The molecule has 0 bridgehead atoms. The van der Waals surface area contributed by atoms with Crippen molar-refractivity contribution in [2.24, 2.45) is 5.41 Å². The summed E-state index contributed by atoms with van der Waals surface area (Å²) in [6.07, 6.45) is 2.37. The first kappa shape index (κ1) is 13.2. The molecule has 106 valence electrons. The van der Waals surface area contributed by atoms with Crippen molar-refractivity contribution >= 4 is 33.0 Å². The monoisotopic (exact) mass is 290 g/mol. The number of carbonyl (C=O) groups excluding carboxylic acids is 1. The van der Waals surface area contributed by atoms with E-state index in [2.05, 4.69) is 12.2 Å². The van der Waals surface area contributed by atoms with Gasteiger partial charge in [-0.15, -0.1) is 11.3 Å². The summed E-state index contributed by atoms with van der Waals surface area (Å²) < 4.78 is 6.30. The predicted octanol–water partition coefficient (Wildman–Crippen LogP) is 3.02. The highest BCUT2D eigenvalue weighted by Crippen LogP contribution is 2.44. The molecule has 1 heterocycles. The van der Waals surface area contributed by atoms with E-state index in [0.717, 1.165) is 16.6 Å². The zero-order valence-corrected chi connectivity index (χ0v) is 12.5. The van der Waals surface area contributed by atoms with Gasteiger partial charge >= 0.3 is 0 Å². The third-order valence-corrected chi connectivity index (χ3v) is 5.09. The number of anilines is 1. The van der Waals surface area contributed by atoms with Gasteiger partial charge in [0.1, 0.15) is 10.6 Å². The summed E-state index contributed by atoms with van der Waals surface area (Å²) in [5.74, 6) is 0.628. The quantitative estimate of drug-likeness (QED) is 0.909. The Morgan fingerprint density at radius 2 is 2.25 bits per heavy atom. The number of hydrogen-bond donors (Lipinski definition) is 2. The molecule has 1 saturated carbocycles. The second-order valence-electron chi connectivity index (χ2n) is 5.67. The lowest BCUT2D eigenvalue weighted by molar-refractivity contribution is 0.0951. The Morgan fingerprint density at radius 1 is 1.50 bits per heavy atom. The second-order valence-corrected chi connectivity index (χ2v) is 6.72. The Balaban J connectivity index is 1.91. The van der Waals surface area contributed by atoms with Crippen LogP contribution in [0.2, 0.25) is 0 Å². The lowest BCUT2D eigenvalue weighted by atomic mass is 10.1. The average Bonchev–Trinajstić information content (AvgIpc) is 3.09. The molecule has 1 fully saturated rings. The fraction of sp³-hybridized carbons (Fsp3) is 0.400. The van der Waals surface area contributed by atoms with Gasteiger partial charge in [-0.1, -0.05) is 13.0 Å². The van der Waals surface area contributed by atoms with Crippen LogP contribution in [0.3, 0.4) is 0 Å². The molecule has 0 saturated heterocycles. The molecule has 1 aromatic heterocycles. The zero-order chi connectivity index (χ0) is 14.3. The number of rotatable bonds is 4. The SMILES string of the molecule is COc1cccc2sc(C(=O)NCC3(C)CC3)c(N)c12. The Kier molecular flexibility index (Phi) is 3.09. The van der Waals surface area contributed by atoms with Crippen molar-refractivity contribution in [2.45, 2.75) is 19.8 Å². The maximum Gasteiger partial charge on any atom is 0.263 e. The number of nitrogen functional groups attached to an aromatic ring is 1. The number of fused-ring (bicyclic) bond motifs is 1. The third-order valence-electron chi connectivity index (χ3n) is 3.92. The average molecular weight is 290 g/mol. The van der Waals surface area contributed by atoms with Crippen LogP contribution >= 0.6 is 11.3 Å². The summed E-state index contributed by atoms with van der Waals surface area (Å²) in [5, 5.41) is 3.83. The number of methoxy groups -OCH3 is 1. The van der Waals surface area contributed by atoms with Crippen molar-refractivity contribution in [1.29, 1.82) is 0 Å². The zero-order valence-electron chi connectivity index (χ0n) is 11.7. The van der Waals surface area contributed by atoms with Crippen molar-refractivity contribution in [3.63, 3.8) is 0 Å². The van der Waals surface area contributed by atoms with Crippen LogP contribution in [0.15, 0.2) is 18.2 Å². The summed E-state index contributed by atoms with van der Waals surface area (Å²) in [5.41, 5.74) is 6.95. The number of nitrogens with two attached hydrogens (primary N) is 1. The highest BCUT2D eigenvalue weighted by atomic mass is 32.1. The van der Waals surface area contributed by atoms with Crippen LogP contribution in [-0.2, 0) is 0 Å². The smallest absolute Gasteiger partial charge is 0.263 e. The van der Waals surface area contributed by atoms with Gasteiger partial charge in [0.15, 0.2) is 0 Å². The number of nitrogens with one attached hydrogen (secondary N) is 1. The molecule has 1 amide bonds. The molecule has 5 heteroatoms. The summed E-state index contributed by atoms with van der Waals surface area (Å²) in [7, 11) is 1.61. The van der Waals surface area contributed by atoms with E-state index in [-0.39, 0.29) is 5.91 Å². The molecule has 4 nitrogen and oxygen atoms in total. The predicted molar refractivity (Wildman–Crippen MR) is 82.5 cm³/mol.